The molecule has 0 radical (unpaired) electrons. The molecule has 0 heterocycles. The van der Waals surface area contributed by atoms with Gasteiger partial charge in [0.2, 0.25) is 11.8 Å². The number of ether oxygens (including phenoxy) is 1. The summed E-state index contributed by atoms with van der Waals surface area (Å²) in [6, 6.07) is 16.8. The second-order valence-electron chi connectivity index (χ2n) is 9.44. The van der Waals surface area contributed by atoms with E-state index in [0.717, 1.165) is 9.87 Å². The third kappa shape index (κ3) is 8.15. The molecule has 220 valence electrons. The fourth-order valence-electron chi connectivity index (χ4n) is 4.07. The van der Waals surface area contributed by atoms with Gasteiger partial charge in [0, 0.05) is 28.7 Å². The predicted octanol–water partition coefficient (Wildman–Crippen LogP) is 5.84. The molecule has 0 saturated heterocycles. The van der Waals surface area contributed by atoms with Crippen molar-refractivity contribution in [3.8, 4) is 5.75 Å². The number of sulfonamides is 1. The summed E-state index contributed by atoms with van der Waals surface area (Å²) >= 11 is 12.8. The predicted molar refractivity (Wildman–Crippen MR) is 163 cm³/mol. The molecule has 3 aromatic rings. The van der Waals surface area contributed by atoms with Gasteiger partial charge < -0.3 is 15.0 Å². The molecular formula is C30H35Cl2N3O5S. The van der Waals surface area contributed by atoms with E-state index in [1.54, 1.807) is 61.5 Å². The van der Waals surface area contributed by atoms with Crippen LogP contribution in [0.2, 0.25) is 10.0 Å². The van der Waals surface area contributed by atoms with Gasteiger partial charge in [0.05, 0.1) is 17.2 Å². The van der Waals surface area contributed by atoms with Crippen molar-refractivity contribution in [1.82, 2.24) is 10.2 Å². The number of carbonyl (C=O) groups is 2. The Bertz CT molecular complexity index is 1430. The minimum Gasteiger partial charge on any atom is -0.494 e. The molecule has 41 heavy (non-hydrogen) atoms. The highest BCUT2D eigenvalue weighted by molar-refractivity contribution is 7.92. The molecule has 3 rings (SSSR count). The van der Waals surface area contributed by atoms with Crippen molar-refractivity contribution in [3.63, 3.8) is 0 Å². The molecule has 0 aliphatic rings. The Morgan fingerprint density at radius 3 is 2.12 bits per heavy atom. The maximum absolute atomic E-state index is 14.0. The molecule has 11 heteroatoms. The van der Waals surface area contributed by atoms with E-state index in [0.29, 0.717) is 40.9 Å². The van der Waals surface area contributed by atoms with Gasteiger partial charge in [0.25, 0.3) is 10.0 Å². The van der Waals surface area contributed by atoms with E-state index in [4.69, 9.17) is 27.9 Å². The molecule has 0 unspecified atom stereocenters. The van der Waals surface area contributed by atoms with Crippen molar-refractivity contribution in [2.24, 2.45) is 0 Å². The average molecular weight is 621 g/mol. The quantitative estimate of drug-likeness (QED) is 0.259. The largest absolute Gasteiger partial charge is 0.494 e. The number of amides is 2. The number of anilines is 1. The van der Waals surface area contributed by atoms with Crippen LogP contribution in [-0.2, 0) is 26.2 Å². The van der Waals surface area contributed by atoms with Gasteiger partial charge in [-0.15, -0.1) is 0 Å². The molecule has 8 nitrogen and oxygen atoms in total. The monoisotopic (exact) mass is 619 g/mol. The van der Waals surface area contributed by atoms with E-state index in [9.17, 15) is 18.0 Å². The lowest BCUT2D eigenvalue weighted by atomic mass is 10.1. The fraction of sp³-hybridized carbons (Fsp3) is 0.333. The van der Waals surface area contributed by atoms with Crippen LogP contribution in [0.4, 0.5) is 5.69 Å². The first-order valence-corrected chi connectivity index (χ1v) is 15.5. The van der Waals surface area contributed by atoms with E-state index in [1.807, 2.05) is 20.8 Å². The maximum Gasteiger partial charge on any atom is 0.264 e. The van der Waals surface area contributed by atoms with Crippen LogP contribution in [0.25, 0.3) is 0 Å². The van der Waals surface area contributed by atoms with Gasteiger partial charge >= 0.3 is 0 Å². The minimum atomic E-state index is -4.18. The number of nitrogens with one attached hydrogen (secondary N) is 1. The van der Waals surface area contributed by atoms with Crippen LogP contribution in [-0.4, -0.2) is 50.9 Å². The lowest BCUT2D eigenvalue weighted by Crippen LogP contribution is -2.51. The summed E-state index contributed by atoms with van der Waals surface area (Å²) < 4.78 is 34.4. The van der Waals surface area contributed by atoms with Crippen molar-refractivity contribution in [2.45, 2.75) is 51.6 Å². The number of aryl methyl sites for hydroxylation is 1. The molecule has 2 amide bonds. The zero-order chi connectivity index (χ0) is 30.2. The Morgan fingerprint density at radius 1 is 0.951 bits per heavy atom. The Balaban J connectivity index is 2.06. The number of benzene rings is 3. The number of carbonyl (C=O) groups excluding carboxylic acids is 2. The number of nitrogens with zero attached hydrogens (tertiary/aromatic N) is 2. The molecule has 0 saturated carbocycles. The highest BCUT2D eigenvalue weighted by Gasteiger charge is 2.33. The van der Waals surface area contributed by atoms with Gasteiger partial charge in [-0.05, 0) is 75.7 Å². The normalized spacial score (nSPS) is 12.0. The lowest BCUT2D eigenvalue weighted by Gasteiger charge is -2.32. The smallest absolute Gasteiger partial charge is 0.264 e. The summed E-state index contributed by atoms with van der Waals surface area (Å²) in [4.78, 5) is 28.3. The third-order valence-corrected chi connectivity index (χ3v) is 8.93. The highest BCUT2D eigenvalue weighted by atomic mass is 35.5. The zero-order valence-corrected chi connectivity index (χ0v) is 25.9. The molecule has 1 N–H and O–H groups in total. The molecule has 0 aliphatic heterocycles. The zero-order valence-electron chi connectivity index (χ0n) is 23.6. The maximum atomic E-state index is 14.0. The molecule has 0 bridgehead atoms. The summed E-state index contributed by atoms with van der Waals surface area (Å²) in [6.07, 6.45) is 0.711. The molecule has 0 spiro atoms. The first-order chi connectivity index (χ1) is 19.5. The first-order valence-electron chi connectivity index (χ1n) is 13.3. The van der Waals surface area contributed by atoms with Crippen LogP contribution in [0.15, 0.2) is 71.6 Å². The van der Waals surface area contributed by atoms with Crippen LogP contribution >= 0.6 is 23.2 Å². The van der Waals surface area contributed by atoms with E-state index >= 15 is 0 Å². The summed E-state index contributed by atoms with van der Waals surface area (Å²) in [5.41, 5.74) is 1.61. The molecule has 1 atom stereocenters. The van der Waals surface area contributed by atoms with Crippen molar-refractivity contribution >= 4 is 50.7 Å². The Kier molecular flexibility index (Phi) is 11.5. The van der Waals surface area contributed by atoms with E-state index < -0.39 is 28.5 Å². The van der Waals surface area contributed by atoms with Gasteiger partial charge in [0.15, 0.2) is 0 Å². The standard InChI is InChI=1S/C30H35Cl2N3O5S/c1-5-18-33-30(37)22(4)34(19-26-27(31)8-7-9-28(26)32)29(36)20-35(23-12-14-24(15-13-23)40-6-2)41(38,39)25-16-10-21(3)11-17-25/h7-17,22H,5-6,18-20H2,1-4H3,(H,33,37)/t22-/m1/s1. The first kappa shape index (κ1) is 32.2. The summed E-state index contributed by atoms with van der Waals surface area (Å²) in [7, 11) is -4.18. The SMILES string of the molecule is CCCNC(=O)[C@@H](C)N(Cc1c(Cl)cccc1Cl)C(=O)CN(c1ccc(OCC)cc1)S(=O)(=O)c1ccc(C)cc1. The molecule has 3 aromatic carbocycles. The number of hydrogen-bond donors (Lipinski definition) is 1. The fourth-order valence-corrected chi connectivity index (χ4v) is 6.00. The minimum absolute atomic E-state index is 0.0271. The topological polar surface area (TPSA) is 96.0 Å². The number of halogens is 2. The van der Waals surface area contributed by atoms with Crippen LogP contribution in [0.1, 0.15) is 38.3 Å². The van der Waals surface area contributed by atoms with Gasteiger partial charge in [-0.2, -0.15) is 0 Å². The van der Waals surface area contributed by atoms with Crippen LogP contribution < -0.4 is 14.4 Å². The molecule has 0 aliphatic carbocycles. The van der Waals surface area contributed by atoms with Crippen molar-refractivity contribution in [3.05, 3.63) is 87.9 Å². The number of hydrogen-bond acceptors (Lipinski definition) is 5. The van der Waals surface area contributed by atoms with Crippen molar-refractivity contribution in [2.75, 3.05) is 24.0 Å². The van der Waals surface area contributed by atoms with Gasteiger partial charge in [-0.25, -0.2) is 8.42 Å². The highest BCUT2D eigenvalue weighted by Crippen LogP contribution is 2.29. The third-order valence-electron chi connectivity index (χ3n) is 6.43. The van der Waals surface area contributed by atoms with Gasteiger partial charge in [-0.3, -0.25) is 13.9 Å². The second kappa shape index (κ2) is 14.6. The number of rotatable bonds is 13. The van der Waals surface area contributed by atoms with Crippen LogP contribution in [0.3, 0.4) is 0 Å². The molecular weight excluding hydrogens is 585 g/mol. The van der Waals surface area contributed by atoms with Crippen molar-refractivity contribution < 1.29 is 22.7 Å². The Hall–Kier alpha value is -3.27. The Labute approximate surface area is 252 Å². The van der Waals surface area contributed by atoms with E-state index in [2.05, 4.69) is 5.32 Å². The summed E-state index contributed by atoms with van der Waals surface area (Å²) in [5, 5.41) is 3.45. The second-order valence-corrected chi connectivity index (χ2v) is 12.1. The van der Waals surface area contributed by atoms with Crippen LogP contribution in [0, 0.1) is 6.92 Å². The van der Waals surface area contributed by atoms with Gasteiger partial charge in [0.1, 0.15) is 18.3 Å². The van der Waals surface area contributed by atoms with E-state index in [-0.39, 0.29) is 23.0 Å². The molecule has 0 fully saturated rings. The lowest BCUT2D eigenvalue weighted by molar-refractivity contribution is -0.139. The average Bonchev–Trinajstić information content (AvgIpc) is 2.95. The van der Waals surface area contributed by atoms with E-state index in [1.165, 1.54) is 17.0 Å². The Morgan fingerprint density at radius 2 is 1.56 bits per heavy atom. The van der Waals surface area contributed by atoms with Crippen molar-refractivity contribution in [1.29, 1.82) is 0 Å². The van der Waals surface area contributed by atoms with Crippen LogP contribution in [0.5, 0.6) is 5.75 Å². The van der Waals surface area contributed by atoms with Gasteiger partial charge in [-0.1, -0.05) is 53.9 Å². The summed E-state index contributed by atoms with van der Waals surface area (Å²) in [5.74, 6) is -0.423. The summed E-state index contributed by atoms with van der Waals surface area (Å²) in [6.45, 7) is 7.41. The molecule has 0 aromatic heterocycles.